The first-order valence-corrected chi connectivity index (χ1v) is 5.91. The van der Waals surface area contributed by atoms with Crippen molar-refractivity contribution in [3.63, 3.8) is 0 Å². The van der Waals surface area contributed by atoms with Crippen LogP contribution in [0.15, 0.2) is 48.8 Å². The van der Waals surface area contributed by atoms with Crippen molar-refractivity contribution in [2.75, 3.05) is 0 Å². The van der Waals surface area contributed by atoms with Gasteiger partial charge in [-0.05, 0) is 0 Å². The van der Waals surface area contributed by atoms with E-state index in [2.05, 4.69) is 15.2 Å². The molecule has 2 aromatic heterocycles. The van der Waals surface area contributed by atoms with Crippen LogP contribution in [0, 0.1) is 5.82 Å². The standard InChI is InChI=1S/C13H8ClFN4/c14-10-6-13(16-7-11(10)15)19-17-8-12(18-19)9-4-2-1-3-5-9/h1-8H. The molecule has 3 rings (SSSR count). The van der Waals surface area contributed by atoms with Gasteiger partial charge in [-0.2, -0.15) is 5.10 Å². The largest absolute Gasteiger partial charge is 0.232 e. The second-order valence-electron chi connectivity index (χ2n) is 3.84. The molecule has 6 heteroatoms. The minimum Gasteiger partial charge on any atom is -0.232 e. The van der Waals surface area contributed by atoms with Crippen LogP contribution in [0.5, 0.6) is 0 Å². The predicted molar refractivity (Wildman–Crippen MR) is 69.6 cm³/mol. The van der Waals surface area contributed by atoms with E-state index in [0.717, 1.165) is 11.8 Å². The molecule has 0 bridgehead atoms. The maximum absolute atomic E-state index is 13.0. The molecule has 19 heavy (non-hydrogen) atoms. The molecule has 0 aliphatic carbocycles. The molecule has 1 aromatic carbocycles. The number of hydrogen-bond acceptors (Lipinski definition) is 3. The minimum absolute atomic E-state index is 0.0106. The van der Waals surface area contributed by atoms with Crippen LogP contribution in [0.4, 0.5) is 4.39 Å². The zero-order valence-corrected chi connectivity index (χ0v) is 10.4. The van der Waals surface area contributed by atoms with Crippen LogP contribution >= 0.6 is 11.6 Å². The third-order valence-electron chi connectivity index (χ3n) is 2.56. The van der Waals surface area contributed by atoms with Crippen LogP contribution in [0.1, 0.15) is 0 Å². The highest BCUT2D eigenvalue weighted by Crippen LogP contribution is 2.18. The molecule has 0 saturated heterocycles. The molecular formula is C13H8ClFN4. The first-order valence-electron chi connectivity index (χ1n) is 5.53. The first kappa shape index (κ1) is 11.8. The van der Waals surface area contributed by atoms with Gasteiger partial charge in [0, 0.05) is 11.6 Å². The monoisotopic (exact) mass is 274 g/mol. The van der Waals surface area contributed by atoms with E-state index in [1.54, 1.807) is 6.20 Å². The van der Waals surface area contributed by atoms with Gasteiger partial charge in [0.15, 0.2) is 11.6 Å². The summed E-state index contributed by atoms with van der Waals surface area (Å²) in [4.78, 5) is 5.21. The quantitative estimate of drug-likeness (QED) is 0.721. The number of nitrogens with zero attached hydrogens (tertiary/aromatic N) is 4. The highest BCUT2D eigenvalue weighted by Gasteiger charge is 2.08. The van der Waals surface area contributed by atoms with Gasteiger partial charge in [0.25, 0.3) is 0 Å². The number of rotatable bonds is 2. The number of hydrogen-bond donors (Lipinski definition) is 0. The Morgan fingerprint density at radius 2 is 1.89 bits per heavy atom. The summed E-state index contributed by atoms with van der Waals surface area (Å²) in [5.74, 6) is -0.200. The average Bonchev–Trinajstić information content (AvgIpc) is 2.93. The Labute approximate surface area is 113 Å². The summed E-state index contributed by atoms with van der Waals surface area (Å²) >= 11 is 5.70. The van der Waals surface area contributed by atoms with Crippen LogP contribution in [0.2, 0.25) is 5.02 Å². The highest BCUT2D eigenvalue weighted by atomic mass is 35.5. The number of halogens is 2. The Hall–Kier alpha value is -2.27. The van der Waals surface area contributed by atoms with E-state index in [9.17, 15) is 4.39 Å². The normalized spacial score (nSPS) is 10.6. The lowest BCUT2D eigenvalue weighted by molar-refractivity contribution is 0.617. The van der Waals surface area contributed by atoms with Gasteiger partial charge in [0.1, 0.15) is 5.69 Å². The fourth-order valence-corrected chi connectivity index (χ4v) is 1.77. The van der Waals surface area contributed by atoms with E-state index >= 15 is 0 Å². The molecule has 4 nitrogen and oxygen atoms in total. The van der Waals surface area contributed by atoms with Crippen LogP contribution in [-0.4, -0.2) is 20.0 Å². The first-order chi connectivity index (χ1) is 9.24. The Kier molecular flexibility index (Phi) is 2.97. The fourth-order valence-electron chi connectivity index (χ4n) is 1.63. The van der Waals surface area contributed by atoms with E-state index in [4.69, 9.17) is 11.6 Å². The second kappa shape index (κ2) is 4.78. The van der Waals surface area contributed by atoms with Crippen molar-refractivity contribution in [3.05, 3.63) is 59.6 Å². The number of pyridine rings is 1. The lowest BCUT2D eigenvalue weighted by Gasteiger charge is -1.99. The molecule has 2 heterocycles. The van der Waals surface area contributed by atoms with E-state index in [1.807, 2.05) is 30.3 Å². The van der Waals surface area contributed by atoms with Crippen molar-refractivity contribution in [1.82, 2.24) is 20.0 Å². The minimum atomic E-state index is -0.569. The van der Waals surface area contributed by atoms with Crippen LogP contribution < -0.4 is 0 Å². The topological polar surface area (TPSA) is 43.6 Å². The third-order valence-corrected chi connectivity index (χ3v) is 2.85. The van der Waals surface area contributed by atoms with Gasteiger partial charge in [-0.3, -0.25) is 0 Å². The van der Waals surface area contributed by atoms with Gasteiger partial charge < -0.3 is 0 Å². The van der Waals surface area contributed by atoms with Crippen LogP contribution in [0.3, 0.4) is 0 Å². The Morgan fingerprint density at radius 1 is 1.11 bits per heavy atom. The predicted octanol–water partition coefficient (Wildman–Crippen LogP) is 3.12. The third kappa shape index (κ3) is 2.32. The van der Waals surface area contributed by atoms with Crippen molar-refractivity contribution >= 4 is 11.6 Å². The molecule has 0 aliphatic rings. The molecule has 3 aromatic rings. The molecule has 0 aliphatic heterocycles. The summed E-state index contributed by atoms with van der Waals surface area (Å²) in [6, 6.07) is 11.0. The zero-order chi connectivity index (χ0) is 13.2. The average molecular weight is 275 g/mol. The van der Waals surface area contributed by atoms with Crippen molar-refractivity contribution in [2.24, 2.45) is 0 Å². The van der Waals surface area contributed by atoms with Gasteiger partial charge in [-0.25, -0.2) is 9.37 Å². The molecule has 0 atom stereocenters. The number of aromatic nitrogens is 4. The molecule has 0 amide bonds. The SMILES string of the molecule is Fc1cnc(-n2ncc(-c3ccccc3)n2)cc1Cl. The van der Waals surface area contributed by atoms with Gasteiger partial charge in [0.2, 0.25) is 0 Å². The second-order valence-corrected chi connectivity index (χ2v) is 4.25. The lowest BCUT2D eigenvalue weighted by Crippen LogP contribution is -2.02. The van der Waals surface area contributed by atoms with Crippen molar-refractivity contribution < 1.29 is 4.39 Å². The van der Waals surface area contributed by atoms with Crippen molar-refractivity contribution in [1.29, 1.82) is 0 Å². The summed E-state index contributed by atoms with van der Waals surface area (Å²) < 4.78 is 13.0. The van der Waals surface area contributed by atoms with Crippen LogP contribution in [0.25, 0.3) is 17.1 Å². The summed E-state index contributed by atoms with van der Waals surface area (Å²) in [5, 5.41) is 8.37. The molecule has 0 radical (unpaired) electrons. The highest BCUT2D eigenvalue weighted by molar-refractivity contribution is 6.30. The number of benzene rings is 1. The van der Waals surface area contributed by atoms with Crippen molar-refractivity contribution in [3.8, 4) is 17.1 Å². The van der Waals surface area contributed by atoms with E-state index in [0.29, 0.717) is 11.5 Å². The summed E-state index contributed by atoms with van der Waals surface area (Å²) in [5.41, 5.74) is 1.66. The zero-order valence-electron chi connectivity index (χ0n) is 9.66. The molecular weight excluding hydrogens is 267 g/mol. The molecule has 0 fully saturated rings. The Balaban J connectivity index is 1.99. The van der Waals surface area contributed by atoms with E-state index in [1.165, 1.54) is 10.9 Å². The summed E-state index contributed by atoms with van der Waals surface area (Å²) in [6.45, 7) is 0. The smallest absolute Gasteiger partial charge is 0.175 e. The summed E-state index contributed by atoms with van der Waals surface area (Å²) in [6.07, 6.45) is 2.66. The van der Waals surface area contributed by atoms with Gasteiger partial charge >= 0.3 is 0 Å². The maximum Gasteiger partial charge on any atom is 0.175 e. The molecule has 0 unspecified atom stereocenters. The summed E-state index contributed by atoms with van der Waals surface area (Å²) in [7, 11) is 0. The van der Waals surface area contributed by atoms with Gasteiger partial charge in [-0.1, -0.05) is 41.9 Å². The van der Waals surface area contributed by atoms with Crippen molar-refractivity contribution in [2.45, 2.75) is 0 Å². The van der Waals surface area contributed by atoms with Gasteiger partial charge in [0.05, 0.1) is 17.4 Å². The molecule has 0 saturated carbocycles. The Bertz CT molecular complexity index is 712. The fraction of sp³-hybridized carbons (Fsp3) is 0. The van der Waals surface area contributed by atoms with E-state index in [-0.39, 0.29) is 5.02 Å². The molecule has 0 spiro atoms. The molecule has 94 valence electrons. The maximum atomic E-state index is 13.0. The van der Waals surface area contributed by atoms with E-state index < -0.39 is 5.82 Å². The van der Waals surface area contributed by atoms with Gasteiger partial charge in [-0.15, -0.1) is 9.90 Å². The van der Waals surface area contributed by atoms with Crippen LogP contribution in [-0.2, 0) is 0 Å². The molecule has 0 N–H and O–H groups in total. The lowest BCUT2D eigenvalue weighted by atomic mass is 10.2. The Morgan fingerprint density at radius 3 is 2.63 bits per heavy atom.